The number of rotatable bonds is 5. The van der Waals surface area contributed by atoms with E-state index < -0.39 is 5.54 Å². The largest absolute Gasteiger partial charge is 0.493 e. The molecule has 0 aliphatic carbocycles. The molecule has 0 radical (unpaired) electrons. The lowest BCUT2D eigenvalue weighted by Gasteiger charge is -2.24. The van der Waals surface area contributed by atoms with E-state index in [9.17, 15) is 4.79 Å². The Labute approximate surface area is 102 Å². The zero-order chi connectivity index (χ0) is 12.9. The number of nitrogens with one attached hydrogen (secondary N) is 1. The molecule has 94 valence electrons. The highest BCUT2D eigenvalue weighted by atomic mass is 16.5. The summed E-state index contributed by atoms with van der Waals surface area (Å²) in [6, 6.07) is 7.06. The van der Waals surface area contributed by atoms with Gasteiger partial charge in [-0.15, -0.1) is 0 Å². The molecule has 4 heteroatoms. The molecule has 4 nitrogen and oxygen atoms in total. The van der Waals surface area contributed by atoms with Gasteiger partial charge in [0, 0.05) is 0 Å². The first-order valence-electron chi connectivity index (χ1n) is 5.65. The van der Waals surface area contributed by atoms with E-state index in [1.54, 1.807) is 32.0 Å². The lowest BCUT2D eigenvalue weighted by Crippen LogP contribution is -2.46. The Morgan fingerprint density at radius 1 is 1.41 bits per heavy atom. The average Bonchev–Trinajstić information content (AvgIpc) is 2.29. The van der Waals surface area contributed by atoms with Gasteiger partial charge in [-0.3, -0.25) is 4.79 Å². The molecule has 17 heavy (non-hydrogen) atoms. The molecule has 1 aromatic rings. The number of hydrogen-bond donors (Lipinski definition) is 2. The third kappa shape index (κ3) is 3.75. The summed E-state index contributed by atoms with van der Waals surface area (Å²) in [6.45, 7) is 5.78. The van der Waals surface area contributed by atoms with Crippen LogP contribution >= 0.6 is 0 Å². The summed E-state index contributed by atoms with van der Waals surface area (Å²) in [7, 11) is 0. The molecule has 0 aliphatic heterocycles. The molecule has 0 spiro atoms. The average molecular weight is 237 g/mol. The molecule has 0 saturated heterocycles. The quantitative estimate of drug-likeness (QED) is 0.817. The van der Waals surface area contributed by atoms with Crippen molar-refractivity contribution in [1.82, 2.24) is 5.32 Å². The molecular weight excluding hydrogens is 218 g/mol. The first-order chi connectivity index (χ1) is 8.00. The molecule has 0 heterocycles. The van der Waals surface area contributed by atoms with E-state index in [-0.39, 0.29) is 12.5 Å². The van der Waals surface area contributed by atoms with Crippen molar-refractivity contribution in [3.8, 4) is 5.75 Å². The van der Waals surface area contributed by atoms with E-state index in [1.165, 1.54) is 0 Å². The van der Waals surface area contributed by atoms with Crippen LogP contribution < -0.4 is 10.1 Å². The van der Waals surface area contributed by atoms with Crippen molar-refractivity contribution in [1.29, 1.82) is 0 Å². The van der Waals surface area contributed by atoms with Crippen LogP contribution in [0.2, 0.25) is 0 Å². The highest BCUT2D eigenvalue weighted by Gasteiger charge is 2.21. The second-order valence-corrected chi connectivity index (χ2v) is 4.43. The van der Waals surface area contributed by atoms with Gasteiger partial charge in [-0.1, -0.05) is 12.1 Å². The summed E-state index contributed by atoms with van der Waals surface area (Å²) in [4.78, 5) is 12.0. The first kappa shape index (κ1) is 13.5. The number of ether oxygens (including phenoxy) is 1. The molecule has 0 unspecified atom stereocenters. The maximum Gasteiger partial charge on any atom is 0.255 e. The third-order valence-corrected chi connectivity index (χ3v) is 2.28. The maximum atomic E-state index is 12.0. The van der Waals surface area contributed by atoms with Crippen molar-refractivity contribution in [2.24, 2.45) is 0 Å². The van der Waals surface area contributed by atoms with Crippen LogP contribution in [0.4, 0.5) is 0 Å². The molecule has 0 saturated carbocycles. The summed E-state index contributed by atoms with van der Waals surface area (Å²) in [5.74, 6) is 0.314. The van der Waals surface area contributed by atoms with Crippen molar-refractivity contribution in [3.05, 3.63) is 29.8 Å². The number of benzene rings is 1. The normalized spacial score (nSPS) is 11.1. The Bertz CT molecular complexity index is 388. The Hall–Kier alpha value is -1.55. The van der Waals surface area contributed by atoms with Gasteiger partial charge in [-0.25, -0.2) is 0 Å². The van der Waals surface area contributed by atoms with Crippen molar-refractivity contribution in [2.45, 2.75) is 26.3 Å². The van der Waals surface area contributed by atoms with E-state index in [0.29, 0.717) is 17.9 Å². The lowest BCUT2D eigenvalue weighted by atomic mass is 10.1. The highest BCUT2D eigenvalue weighted by Crippen LogP contribution is 2.18. The molecular formula is C13H19NO3. The smallest absolute Gasteiger partial charge is 0.255 e. The summed E-state index contributed by atoms with van der Waals surface area (Å²) in [5, 5.41) is 11.9. The number of aliphatic hydroxyl groups is 1. The number of aliphatic hydroxyl groups excluding tert-OH is 1. The third-order valence-electron chi connectivity index (χ3n) is 2.28. The minimum atomic E-state index is -0.642. The monoisotopic (exact) mass is 237 g/mol. The molecule has 0 aromatic heterocycles. The van der Waals surface area contributed by atoms with Crippen LogP contribution in [0, 0.1) is 0 Å². The SMILES string of the molecule is CCOc1ccccc1C(=O)NC(C)(C)CO. The zero-order valence-electron chi connectivity index (χ0n) is 10.5. The van der Waals surface area contributed by atoms with Gasteiger partial charge in [0.25, 0.3) is 5.91 Å². The molecule has 0 fully saturated rings. The van der Waals surface area contributed by atoms with Crippen molar-refractivity contribution in [3.63, 3.8) is 0 Å². The Kier molecular flexibility index (Phi) is 4.52. The Morgan fingerprint density at radius 2 is 2.06 bits per heavy atom. The van der Waals surface area contributed by atoms with Gasteiger partial charge in [-0.05, 0) is 32.9 Å². The summed E-state index contributed by atoms with van der Waals surface area (Å²) in [6.07, 6.45) is 0. The molecule has 0 bridgehead atoms. The molecule has 1 amide bonds. The van der Waals surface area contributed by atoms with Crippen molar-refractivity contribution >= 4 is 5.91 Å². The number of carbonyl (C=O) groups is 1. The van der Waals surface area contributed by atoms with Gasteiger partial charge in [-0.2, -0.15) is 0 Å². The van der Waals surface area contributed by atoms with Gasteiger partial charge >= 0.3 is 0 Å². The van der Waals surface area contributed by atoms with Crippen LogP contribution in [0.15, 0.2) is 24.3 Å². The van der Waals surface area contributed by atoms with Crippen molar-refractivity contribution in [2.75, 3.05) is 13.2 Å². The molecule has 0 aliphatic rings. The fourth-order valence-corrected chi connectivity index (χ4v) is 1.35. The van der Waals surface area contributed by atoms with Gasteiger partial charge in [0.05, 0.1) is 24.3 Å². The van der Waals surface area contributed by atoms with Crippen LogP contribution in [-0.2, 0) is 0 Å². The van der Waals surface area contributed by atoms with Gasteiger partial charge in [0.2, 0.25) is 0 Å². The number of hydrogen-bond acceptors (Lipinski definition) is 3. The van der Waals surface area contributed by atoms with E-state index >= 15 is 0 Å². The molecule has 1 aromatic carbocycles. The fraction of sp³-hybridized carbons (Fsp3) is 0.462. The van der Waals surface area contributed by atoms with Crippen LogP contribution in [0.1, 0.15) is 31.1 Å². The predicted molar refractivity (Wildman–Crippen MR) is 66.2 cm³/mol. The number of carbonyl (C=O) groups excluding carboxylic acids is 1. The topological polar surface area (TPSA) is 58.6 Å². The first-order valence-corrected chi connectivity index (χ1v) is 5.65. The van der Waals surface area contributed by atoms with Crippen LogP contribution in [-0.4, -0.2) is 29.8 Å². The summed E-state index contributed by atoms with van der Waals surface area (Å²) >= 11 is 0. The van der Waals surface area contributed by atoms with E-state index in [2.05, 4.69) is 5.32 Å². The minimum Gasteiger partial charge on any atom is -0.493 e. The van der Waals surface area contributed by atoms with Gasteiger partial charge in [0.15, 0.2) is 0 Å². The summed E-state index contributed by atoms with van der Waals surface area (Å²) < 4.78 is 5.38. The number of para-hydroxylation sites is 1. The van der Waals surface area contributed by atoms with E-state index in [4.69, 9.17) is 9.84 Å². The second kappa shape index (κ2) is 5.68. The lowest BCUT2D eigenvalue weighted by molar-refractivity contribution is 0.0865. The zero-order valence-corrected chi connectivity index (χ0v) is 10.5. The van der Waals surface area contributed by atoms with Crippen LogP contribution in [0.3, 0.4) is 0 Å². The Morgan fingerprint density at radius 3 is 2.65 bits per heavy atom. The van der Waals surface area contributed by atoms with Gasteiger partial charge < -0.3 is 15.2 Å². The second-order valence-electron chi connectivity index (χ2n) is 4.43. The summed E-state index contributed by atoms with van der Waals surface area (Å²) in [5.41, 5.74) is -0.160. The predicted octanol–water partition coefficient (Wildman–Crippen LogP) is 1.59. The maximum absolute atomic E-state index is 12.0. The molecule has 2 N–H and O–H groups in total. The van der Waals surface area contributed by atoms with E-state index in [1.807, 2.05) is 13.0 Å². The molecule has 1 rings (SSSR count). The highest BCUT2D eigenvalue weighted by molar-refractivity contribution is 5.97. The minimum absolute atomic E-state index is 0.116. The Balaban J connectivity index is 2.88. The van der Waals surface area contributed by atoms with Crippen LogP contribution in [0.25, 0.3) is 0 Å². The fourth-order valence-electron chi connectivity index (χ4n) is 1.35. The standard InChI is InChI=1S/C13H19NO3/c1-4-17-11-8-6-5-7-10(11)12(16)14-13(2,3)9-15/h5-8,15H,4,9H2,1-3H3,(H,14,16). The molecule has 0 atom stereocenters. The van der Waals surface area contributed by atoms with Gasteiger partial charge in [0.1, 0.15) is 5.75 Å². The van der Waals surface area contributed by atoms with Crippen LogP contribution in [0.5, 0.6) is 5.75 Å². The van der Waals surface area contributed by atoms with Crippen molar-refractivity contribution < 1.29 is 14.6 Å². The van der Waals surface area contributed by atoms with E-state index in [0.717, 1.165) is 0 Å². The number of amides is 1.